The van der Waals surface area contributed by atoms with Crippen LogP contribution in [-0.2, 0) is 4.79 Å². The van der Waals surface area contributed by atoms with E-state index in [0.29, 0.717) is 11.0 Å². The number of rotatable bonds is 3. The summed E-state index contributed by atoms with van der Waals surface area (Å²) < 4.78 is 0. The molecule has 21 heavy (non-hydrogen) atoms. The number of hydrogen-bond donors (Lipinski definition) is 2. The largest absolute Gasteiger partial charge is 0.346 e. The van der Waals surface area contributed by atoms with Gasteiger partial charge in [-0.3, -0.25) is 4.79 Å². The van der Waals surface area contributed by atoms with Gasteiger partial charge in [-0.05, 0) is 18.4 Å². The van der Waals surface area contributed by atoms with E-state index in [1.807, 2.05) is 17.6 Å². The van der Waals surface area contributed by atoms with Crippen LogP contribution < -0.4 is 5.32 Å². The lowest BCUT2D eigenvalue weighted by Gasteiger charge is -1.99. The Morgan fingerprint density at radius 1 is 1.48 bits per heavy atom. The molecule has 6 nitrogen and oxygen atoms in total. The van der Waals surface area contributed by atoms with E-state index in [2.05, 4.69) is 32.2 Å². The van der Waals surface area contributed by atoms with E-state index >= 15 is 0 Å². The summed E-state index contributed by atoms with van der Waals surface area (Å²) in [7, 11) is 0. The number of amides is 1. The van der Waals surface area contributed by atoms with Crippen molar-refractivity contribution in [1.29, 1.82) is 0 Å². The normalized spacial score (nSPS) is 20.6. The van der Waals surface area contributed by atoms with Crippen LogP contribution in [-0.4, -0.2) is 25.8 Å². The quantitative estimate of drug-likeness (QED) is 0.779. The summed E-state index contributed by atoms with van der Waals surface area (Å²) in [6, 6.07) is 1.92. The van der Waals surface area contributed by atoms with Gasteiger partial charge in [0.05, 0.1) is 0 Å². The summed E-state index contributed by atoms with van der Waals surface area (Å²) in [6.45, 7) is 2.08. The molecule has 0 spiro atoms. The van der Waals surface area contributed by atoms with Crippen molar-refractivity contribution in [1.82, 2.24) is 19.9 Å². The molecule has 3 heterocycles. The molecule has 0 bridgehead atoms. The van der Waals surface area contributed by atoms with E-state index < -0.39 is 0 Å². The summed E-state index contributed by atoms with van der Waals surface area (Å²) >= 11 is 1.42. The molecule has 4 rings (SSSR count). The SMILES string of the molecule is CC1CC1C(=O)Nc1nc(-c2ncnc3[nH]ccc23)cs1. The number of carbonyl (C=O) groups is 1. The van der Waals surface area contributed by atoms with Gasteiger partial charge in [0.1, 0.15) is 23.4 Å². The number of nitrogens with one attached hydrogen (secondary N) is 2. The second-order valence-electron chi connectivity index (χ2n) is 5.31. The number of anilines is 1. The summed E-state index contributed by atoms with van der Waals surface area (Å²) in [5.74, 6) is 0.705. The maximum Gasteiger partial charge on any atom is 0.229 e. The van der Waals surface area contributed by atoms with Crippen LogP contribution in [0.25, 0.3) is 22.4 Å². The highest BCUT2D eigenvalue weighted by molar-refractivity contribution is 7.14. The Hall–Kier alpha value is -2.28. The molecule has 0 radical (unpaired) electrons. The molecule has 1 amide bonds. The summed E-state index contributed by atoms with van der Waals surface area (Å²) in [5, 5.41) is 6.34. The maximum absolute atomic E-state index is 11.9. The van der Waals surface area contributed by atoms with E-state index in [0.717, 1.165) is 28.8 Å². The third-order valence-corrected chi connectivity index (χ3v) is 4.53. The fraction of sp³-hybridized carbons (Fsp3) is 0.286. The van der Waals surface area contributed by atoms with Crippen LogP contribution in [0, 0.1) is 11.8 Å². The van der Waals surface area contributed by atoms with E-state index in [1.165, 1.54) is 17.7 Å². The fourth-order valence-electron chi connectivity index (χ4n) is 2.40. The molecular formula is C14H13N5OS. The Morgan fingerprint density at radius 2 is 2.33 bits per heavy atom. The lowest BCUT2D eigenvalue weighted by molar-refractivity contribution is -0.117. The Balaban J connectivity index is 1.62. The Labute approximate surface area is 124 Å². The van der Waals surface area contributed by atoms with E-state index in [4.69, 9.17) is 0 Å². The van der Waals surface area contributed by atoms with Gasteiger partial charge in [0.2, 0.25) is 5.91 Å². The minimum absolute atomic E-state index is 0.0675. The third-order valence-electron chi connectivity index (χ3n) is 3.78. The Kier molecular flexibility index (Phi) is 2.75. The molecule has 0 saturated heterocycles. The van der Waals surface area contributed by atoms with Gasteiger partial charge in [-0.25, -0.2) is 15.0 Å². The average molecular weight is 299 g/mol. The van der Waals surface area contributed by atoms with Crippen LogP contribution >= 0.6 is 11.3 Å². The van der Waals surface area contributed by atoms with Gasteiger partial charge in [-0.15, -0.1) is 11.3 Å². The van der Waals surface area contributed by atoms with Crippen LogP contribution in [0.1, 0.15) is 13.3 Å². The van der Waals surface area contributed by atoms with Gasteiger partial charge >= 0.3 is 0 Å². The zero-order valence-corrected chi connectivity index (χ0v) is 12.1. The van der Waals surface area contributed by atoms with E-state index in [9.17, 15) is 4.79 Å². The van der Waals surface area contributed by atoms with Gasteiger partial charge < -0.3 is 10.3 Å². The van der Waals surface area contributed by atoms with Crippen LogP contribution in [0.2, 0.25) is 0 Å². The van der Waals surface area contributed by atoms with Crippen LogP contribution in [0.4, 0.5) is 5.13 Å². The number of hydrogen-bond acceptors (Lipinski definition) is 5. The highest BCUT2D eigenvalue weighted by Crippen LogP contribution is 2.39. The van der Waals surface area contributed by atoms with Crippen molar-refractivity contribution in [2.75, 3.05) is 5.32 Å². The van der Waals surface area contributed by atoms with Crippen LogP contribution in [0.15, 0.2) is 24.0 Å². The summed E-state index contributed by atoms with van der Waals surface area (Å²) in [5.41, 5.74) is 2.31. The van der Waals surface area contributed by atoms with Crippen molar-refractivity contribution in [3.8, 4) is 11.4 Å². The van der Waals surface area contributed by atoms with Gasteiger partial charge in [-0.2, -0.15) is 0 Å². The minimum Gasteiger partial charge on any atom is -0.346 e. The van der Waals surface area contributed by atoms with E-state index in [1.54, 1.807) is 0 Å². The first kappa shape index (κ1) is 12.5. The third kappa shape index (κ3) is 2.19. The first-order valence-corrected chi connectivity index (χ1v) is 7.65. The second-order valence-corrected chi connectivity index (χ2v) is 6.17. The molecule has 0 aromatic carbocycles. The number of aromatic amines is 1. The molecule has 2 N–H and O–H groups in total. The predicted molar refractivity (Wildman–Crippen MR) is 80.9 cm³/mol. The molecule has 1 aliphatic rings. The molecular weight excluding hydrogens is 286 g/mol. The lowest BCUT2D eigenvalue weighted by Crippen LogP contribution is -2.14. The van der Waals surface area contributed by atoms with Crippen molar-refractivity contribution in [3.63, 3.8) is 0 Å². The number of carbonyl (C=O) groups excluding carboxylic acids is 1. The molecule has 1 saturated carbocycles. The van der Waals surface area contributed by atoms with Gasteiger partial charge in [0.25, 0.3) is 0 Å². The minimum atomic E-state index is 0.0675. The highest BCUT2D eigenvalue weighted by atomic mass is 32.1. The molecule has 3 aromatic heterocycles. The zero-order chi connectivity index (χ0) is 14.4. The van der Waals surface area contributed by atoms with Crippen molar-refractivity contribution in [2.45, 2.75) is 13.3 Å². The van der Waals surface area contributed by atoms with Gasteiger partial charge in [0.15, 0.2) is 5.13 Å². The van der Waals surface area contributed by atoms with Crippen molar-refractivity contribution in [3.05, 3.63) is 24.0 Å². The highest BCUT2D eigenvalue weighted by Gasteiger charge is 2.39. The summed E-state index contributed by atoms with van der Waals surface area (Å²) in [6.07, 6.45) is 4.31. The molecule has 2 unspecified atom stereocenters. The smallest absolute Gasteiger partial charge is 0.229 e. The second kappa shape index (κ2) is 4.63. The zero-order valence-electron chi connectivity index (χ0n) is 11.3. The van der Waals surface area contributed by atoms with Gasteiger partial charge in [-0.1, -0.05) is 6.92 Å². The number of H-pyrrole nitrogens is 1. The molecule has 7 heteroatoms. The van der Waals surface area contributed by atoms with Crippen molar-refractivity contribution >= 4 is 33.4 Å². The van der Waals surface area contributed by atoms with Crippen molar-refractivity contribution in [2.24, 2.45) is 11.8 Å². The van der Waals surface area contributed by atoms with Crippen LogP contribution in [0.3, 0.4) is 0 Å². The lowest BCUT2D eigenvalue weighted by atomic mass is 10.2. The first-order valence-electron chi connectivity index (χ1n) is 6.77. The molecule has 2 atom stereocenters. The standard InChI is InChI=1S/C14H13N5OS/c1-7-4-9(7)13(20)19-14-18-10(5-21-14)11-8-2-3-15-12(8)17-6-16-11/h2-3,5-7,9H,4H2,1H3,(H,15,16,17)(H,18,19,20). The molecule has 3 aromatic rings. The number of aromatic nitrogens is 4. The molecule has 0 aliphatic heterocycles. The number of nitrogens with zero attached hydrogens (tertiary/aromatic N) is 3. The maximum atomic E-state index is 11.9. The Bertz CT molecular complexity index is 824. The molecule has 1 aliphatic carbocycles. The first-order chi connectivity index (χ1) is 10.2. The Morgan fingerprint density at radius 3 is 3.14 bits per heavy atom. The monoisotopic (exact) mass is 299 g/mol. The number of thiazole rings is 1. The fourth-order valence-corrected chi connectivity index (χ4v) is 3.10. The topological polar surface area (TPSA) is 83.6 Å². The number of fused-ring (bicyclic) bond motifs is 1. The molecule has 1 fully saturated rings. The average Bonchev–Trinajstić information content (AvgIpc) is 2.92. The predicted octanol–water partition coefficient (Wildman–Crippen LogP) is 2.68. The van der Waals surface area contributed by atoms with Gasteiger partial charge in [0, 0.05) is 22.9 Å². The van der Waals surface area contributed by atoms with E-state index in [-0.39, 0.29) is 11.8 Å². The van der Waals surface area contributed by atoms with Crippen molar-refractivity contribution < 1.29 is 4.79 Å². The van der Waals surface area contributed by atoms with Crippen LogP contribution in [0.5, 0.6) is 0 Å². The summed E-state index contributed by atoms with van der Waals surface area (Å²) in [4.78, 5) is 27.9. The molecule has 106 valence electrons.